The van der Waals surface area contributed by atoms with Gasteiger partial charge in [-0.25, -0.2) is 0 Å². The van der Waals surface area contributed by atoms with Crippen molar-refractivity contribution in [1.29, 1.82) is 5.41 Å². The molecule has 0 aromatic heterocycles. The van der Waals surface area contributed by atoms with Crippen molar-refractivity contribution in [3.8, 4) is 0 Å². The Labute approximate surface area is 106 Å². The first-order valence-corrected chi connectivity index (χ1v) is 5.72. The van der Waals surface area contributed by atoms with E-state index < -0.39 is 4.92 Å². The average Bonchev–Trinajstić information content (AvgIpc) is 2.29. The molecule has 0 aliphatic heterocycles. The van der Waals surface area contributed by atoms with Gasteiger partial charge in [-0.3, -0.25) is 10.1 Å². The number of hydrogen-bond donors (Lipinski definition) is 3. The summed E-state index contributed by atoms with van der Waals surface area (Å²) in [7, 11) is 0. The minimum absolute atomic E-state index is 0.0641. The van der Waals surface area contributed by atoms with Crippen LogP contribution >= 0.6 is 0 Å². The van der Waals surface area contributed by atoms with Crippen molar-refractivity contribution in [2.75, 3.05) is 13.1 Å². The van der Waals surface area contributed by atoms with Crippen LogP contribution in [0, 0.1) is 15.5 Å². The standard InChI is InChI=1S/C12H18N4O2/c1-9(13)7-15-8-11(14)6-10-2-4-12(5-3-10)16(17)18/h2-5,11,13,15H,6-8,14H2,1H3. The monoisotopic (exact) mass is 250 g/mol. The molecule has 0 amide bonds. The molecule has 18 heavy (non-hydrogen) atoms. The largest absolute Gasteiger partial charge is 0.326 e. The second-order valence-corrected chi connectivity index (χ2v) is 4.30. The molecule has 0 spiro atoms. The van der Waals surface area contributed by atoms with Crippen LogP contribution in [0.2, 0.25) is 0 Å². The summed E-state index contributed by atoms with van der Waals surface area (Å²) in [5, 5.41) is 20.8. The Morgan fingerprint density at radius 3 is 2.61 bits per heavy atom. The molecule has 0 heterocycles. The van der Waals surface area contributed by atoms with Gasteiger partial charge in [0.15, 0.2) is 0 Å². The van der Waals surface area contributed by atoms with E-state index in [-0.39, 0.29) is 11.7 Å². The lowest BCUT2D eigenvalue weighted by molar-refractivity contribution is -0.384. The third kappa shape index (κ3) is 5.03. The van der Waals surface area contributed by atoms with Gasteiger partial charge in [-0.05, 0) is 18.9 Å². The summed E-state index contributed by atoms with van der Waals surface area (Å²) in [5.74, 6) is 0. The van der Waals surface area contributed by atoms with Crippen LogP contribution in [-0.2, 0) is 6.42 Å². The minimum Gasteiger partial charge on any atom is -0.326 e. The van der Waals surface area contributed by atoms with E-state index in [9.17, 15) is 10.1 Å². The molecule has 0 bridgehead atoms. The van der Waals surface area contributed by atoms with Gasteiger partial charge in [0, 0.05) is 37.0 Å². The minimum atomic E-state index is -0.419. The zero-order valence-corrected chi connectivity index (χ0v) is 10.3. The maximum atomic E-state index is 10.5. The Kier molecular flexibility index (Phi) is 5.41. The van der Waals surface area contributed by atoms with Crippen molar-refractivity contribution < 1.29 is 4.92 Å². The summed E-state index contributed by atoms with van der Waals surface area (Å²) in [6.07, 6.45) is 0.655. The quantitative estimate of drug-likeness (QED) is 0.382. The number of nitro groups is 1. The second kappa shape index (κ2) is 6.83. The van der Waals surface area contributed by atoms with E-state index >= 15 is 0 Å². The van der Waals surface area contributed by atoms with Gasteiger partial charge in [-0.15, -0.1) is 0 Å². The van der Waals surface area contributed by atoms with Gasteiger partial charge < -0.3 is 16.5 Å². The molecule has 6 nitrogen and oxygen atoms in total. The third-order valence-electron chi connectivity index (χ3n) is 2.44. The highest BCUT2D eigenvalue weighted by molar-refractivity contribution is 5.80. The van der Waals surface area contributed by atoms with Crippen molar-refractivity contribution in [2.45, 2.75) is 19.4 Å². The number of benzene rings is 1. The molecule has 0 saturated heterocycles. The number of nitrogens with one attached hydrogen (secondary N) is 2. The van der Waals surface area contributed by atoms with E-state index in [1.165, 1.54) is 12.1 Å². The summed E-state index contributed by atoms with van der Waals surface area (Å²) in [6.45, 7) is 2.88. The molecule has 1 aromatic rings. The maximum Gasteiger partial charge on any atom is 0.269 e. The van der Waals surface area contributed by atoms with Gasteiger partial charge in [0.1, 0.15) is 0 Å². The molecule has 0 fully saturated rings. The zero-order chi connectivity index (χ0) is 13.5. The van der Waals surface area contributed by atoms with E-state index in [2.05, 4.69) is 5.32 Å². The van der Waals surface area contributed by atoms with Crippen LogP contribution in [0.15, 0.2) is 24.3 Å². The molecule has 6 heteroatoms. The van der Waals surface area contributed by atoms with Gasteiger partial charge in [0.2, 0.25) is 0 Å². The first-order chi connectivity index (χ1) is 8.49. The van der Waals surface area contributed by atoms with Gasteiger partial charge in [-0.2, -0.15) is 0 Å². The third-order valence-corrected chi connectivity index (χ3v) is 2.44. The molecule has 1 aromatic carbocycles. The number of nitrogens with zero attached hydrogens (tertiary/aromatic N) is 1. The van der Waals surface area contributed by atoms with Crippen molar-refractivity contribution in [2.24, 2.45) is 5.73 Å². The molecule has 0 aliphatic carbocycles. The van der Waals surface area contributed by atoms with Crippen LogP contribution in [0.25, 0.3) is 0 Å². The molecule has 0 saturated carbocycles. The summed E-state index contributed by atoms with van der Waals surface area (Å²) >= 11 is 0. The van der Waals surface area contributed by atoms with E-state index in [0.717, 1.165) is 5.56 Å². The predicted molar refractivity (Wildman–Crippen MR) is 71.0 cm³/mol. The topological polar surface area (TPSA) is 105 Å². The lowest BCUT2D eigenvalue weighted by Crippen LogP contribution is -2.37. The Bertz CT molecular complexity index is 417. The summed E-state index contributed by atoms with van der Waals surface area (Å²) < 4.78 is 0. The molecule has 0 aliphatic rings. The van der Waals surface area contributed by atoms with Crippen LogP contribution < -0.4 is 11.1 Å². The fraction of sp³-hybridized carbons (Fsp3) is 0.417. The molecule has 0 radical (unpaired) electrons. The first-order valence-electron chi connectivity index (χ1n) is 5.72. The lowest BCUT2D eigenvalue weighted by Gasteiger charge is -2.12. The van der Waals surface area contributed by atoms with Gasteiger partial charge in [0.05, 0.1) is 4.92 Å². The highest BCUT2D eigenvalue weighted by Gasteiger charge is 2.07. The molecule has 98 valence electrons. The van der Waals surface area contributed by atoms with Crippen LogP contribution in [0.5, 0.6) is 0 Å². The van der Waals surface area contributed by atoms with E-state index in [4.69, 9.17) is 11.1 Å². The molecular weight excluding hydrogens is 232 g/mol. The number of rotatable bonds is 7. The van der Waals surface area contributed by atoms with Crippen LogP contribution in [0.1, 0.15) is 12.5 Å². The van der Waals surface area contributed by atoms with E-state index in [0.29, 0.717) is 25.2 Å². The van der Waals surface area contributed by atoms with Crippen molar-refractivity contribution in [3.05, 3.63) is 39.9 Å². The predicted octanol–water partition coefficient (Wildman–Crippen LogP) is 1.09. The van der Waals surface area contributed by atoms with Crippen LogP contribution in [-0.4, -0.2) is 29.8 Å². The number of hydrogen-bond acceptors (Lipinski definition) is 5. The van der Waals surface area contributed by atoms with Crippen molar-refractivity contribution >= 4 is 11.4 Å². The van der Waals surface area contributed by atoms with Gasteiger partial charge in [0.25, 0.3) is 5.69 Å². The van der Waals surface area contributed by atoms with Gasteiger partial charge in [-0.1, -0.05) is 12.1 Å². The summed E-state index contributed by atoms with van der Waals surface area (Å²) in [6, 6.07) is 6.35. The van der Waals surface area contributed by atoms with E-state index in [1.54, 1.807) is 19.1 Å². The van der Waals surface area contributed by atoms with Crippen molar-refractivity contribution in [3.63, 3.8) is 0 Å². The van der Waals surface area contributed by atoms with Crippen LogP contribution in [0.4, 0.5) is 5.69 Å². The lowest BCUT2D eigenvalue weighted by atomic mass is 10.1. The normalized spacial score (nSPS) is 12.1. The van der Waals surface area contributed by atoms with Gasteiger partial charge >= 0.3 is 0 Å². The van der Waals surface area contributed by atoms with Crippen LogP contribution in [0.3, 0.4) is 0 Å². The number of nitrogens with two attached hydrogens (primary N) is 1. The molecular formula is C12H18N4O2. The number of nitro benzene ring substituents is 1. The smallest absolute Gasteiger partial charge is 0.269 e. The Hall–Kier alpha value is -1.79. The fourth-order valence-electron chi connectivity index (χ4n) is 1.57. The summed E-state index contributed by atoms with van der Waals surface area (Å²) in [4.78, 5) is 10.1. The van der Waals surface area contributed by atoms with Crippen molar-refractivity contribution in [1.82, 2.24) is 5.32 Å². The SMILES string of the molecule is CC(=N)CNCC(N)Cc1ccc([N+](=O)[O-])cc1. The fourth-order valence-corrected chi connectivity index (χ4v) is 1.57. The highest BCUT2D eigenvalue weighted by Crippen LogP contribution is 2.12. The summed E-state index contributed by atoms with van der Waals surface area (Å²) in [5.41, 5.74) is 7.55. The number of non-ortho nitro benzene ring substituents is 1. The second-order valence-electron chi connectivity index (χ2n) is 4.30. The maximum absolute atomic E-state index is 10.5. The molecule has 4 N–H and O–H groups in total. The average molecular weight is 250 g/mol. The highest BCUT2D eigenvalue weighted by atomic mass is 16.6. The Balaban J connectivity index is 2.41. The van der Waals surface area contributed by atoms with E-state index in [1.807, 2.05) is 0 Å². The molecule has 1 atom stereocenters. The molecule has 1 unspecified atom stereocenters. The zero-order valence-electron chi connectivity index (χ0n) is 10.3. The Morgan fingerprint density at radius 2 is 2.11 bits per heavy atom. The first kappa shape index (κ1) is 14.3. The Morgan fingerprint density at radius 1 is 1.50 bits per heavy atom. The molecule has 1 rings (SSSR count).